The summed E-state index contributed by atoms with van der Waals surface area (Å²) in [6, 6.07) is 7.74. The van der Waals surface area contributed by atoms with Gasteiger partial charge in [-0.2, -0.15) is 13.2 Å². The van der Waals surface area contributed by atoms with Gasteiger partial charge in [-0.15, -0.1) is 0 Å². The van der Waals surface area contributed by atoms with E-state index in [9.17, 15) is 22.8 Å². The molecule has 0 aromatic heterocycles. The lowest BCUT2D eigenvalue weighted by Gasteiger charge is -2.39. The molecule has 1 aromatic carbocycles. The van der Waals surface area contributed by atoms with Crippen molar-refractivity contribution in [1.29, 1.82) is 0 Å². The first-order valence-electron chi connectivity index (χ1n) is 9.33. The Labute approximate surface area is 161 Å². The van der Waals surface area contributed by atoms with Crippen molar-refractivity contribution in [2.75, 3.05) is 51.3 Å². The molecule has 9 heteroatoms. The van der Waals surface area contributed by atoms with Gasteiger partial charge in [-0.25, -0.2) is 0 Å². The molecule has 0 unspecified atom stereocenters. The van der Waals surface area contributed by atoms with E-state index in [1.165, 1.54) is 0 Å². The van der Waals surface area contributed by atoms with Gasteiger partial charge in [-0.05, 0) is 37.1 Å². The number of piperazine rings is 1. The molecule has 28 heavy (non-hydrogen) atoms. The molecule has 2 saturated heterocycles. The van der Waals surface area contributed by atoms with Crippen molar-refractivity contribution in [3.05, 3.63) is 24.3 Å². The number of carbonyl (C=O) groups is 2. The number of hydrogen-bond acceptors (Lipinski definition) is 4. The average molecular weight is 399 g/mol. The topological polar surface area (TPSA) is 53.1 Å². The van der Waals surface area contributed by atoms with Crippen LogP contribution >= 0.6 is 0 Å². The molecule has 0 saturated carbocycles. The Morgan fingerprint density at radius 3 is 2.00 bits per heavy atom. The van der Waals surface area contributed by atoms with Crippen molar-refractivity contribution in [2.45, 2.75) is 19.0 Å². The summed E-state index contributed by atoms with van der Waals surface area (Å²) in [6.07, 6.45) is -4.30. The predicted molar refractivity (Wildman–Crippen MR) is 97.1 cm³/mol. The lowest BCUT2D eigenvalue weighted by molar-refractivity contribution is -0.187. The minimum Gasteiger partial charge on any atom is -0.497 e. The van der Waals surface area contributed by atoms with E-state index in [-0.39, 0.29) is 37.8 Å². The van der Waals surface area contributed by atoms with Crippen LogP contribution in [-0.2, 0) is 9.59 Å². The monoisotopic (exact) mass is 399 g/mol. The molecular formula is C19H24F3N3O3. The fourth-order valence-electron chi connectivity index (χ4n) is 3.75. The SMILES string of the molecule is COc1ccc(N2CCN(C(=O)C3CCN(C(=O)C(F)(F)F)CC3)CC2)cc1. The van der Waals surface area contributed by atoms with Crippen LogP contribution in [0.4, 0.5) is 18.9 Å². The summed E-state index contributed by atoms with van der Waals surface area (Å²) in [5.74, 6) is -1.36. The van der Waals surface area contributed by atoms with E-state index in [0.29, 0.717) is 26.2 Å². The Bertz CT molecular complexity index is 693. The largest absolute Gasteiger partial charge is 0.497 e. The number of halogens is 3. The minimum atomic E-state index is -4.85. The fourth-order valence-corrected chi connectivity index (χ4v) is 3.75. The molecule has 0 radical (unpaired) electrons. The molecular weight excluding hydrogens is 375 g/mol. The molecule has 2 aliphatic rings. The summed E-state index contributed by atoms with van der Waals surface area (Å²) < 4.78 is 42.7. The molecule has 3 rings (SSSR count). The molecule has 1 aromatic rings. The number of hydrogen-bond donors (Lipinski definition) is 0. The number of piperidine rings is 1. The number of benzene rings is 1. The number of ether oxygens (including phenoxy) is 1. The lowest BCUT2D eigenvalue weighted by Crippen LogP contribution is -2.52. The quantitative estimate of drug-likeness (QED) is 0.782. The van der Waals surface area contributed by atoms with Crippen molar-refractivity contribution in [3.63, 3.8) is 0 Å². The number of amides is 2. The maximum absolute atomic E-state index is 12.7. The van der Waals surface area contributed by atoms with Crippen molar-refractivity contribution >= 4 is 17.5 Å². The fraction of sp³-hybridized carbons (Fsp3) is 0.579. The average Bonchev–Trinajstić information content (AvgIpc) is 2.72. The Balaban J connectivity index is 1.48. The zero-order chi connectivity index (χ0) is 20.3. The number of likely N-dealkylation sites (tertiary alicyclic amines) is 1. The standard InChI is InChI=1S/C19H24F3N3O3/c1-28-16-4-2-15(3-5-16)23-10-12-24(13-11-23)17(26)14-6-8-25(9-7-14)18(27)19(20,21)22/h2-5,14H,6-13H2,1H3. The summed E-state index contributed by atoms with van der Waals surface area (Å²) in [7, 11) is 1.61. The third-order valence-corrected chi connectivity index (χ3v) is 5.40. The highest BCUT2D eigenvalue weighted by Gasteiger charge is 2.44. The summed E-state index contributed by atoms with van der Waals surface area (Å²) in [6.45, 7) is 2.49. The Kier molecular flexibility index (Phi) is 6.00. The highest BCUT2D eigenvalue weighted by molar-refractivity contribution is 5.83. The van der Waals surface area contributed by atoms with Crippen molar-refractivity contribution in [2.24, 2.45) is 5.92 Å². The second kappa shape index (κ2) is 8.28. The second-order valence-electron chi connectivity index (χ2n) is 7.07. The summed E-state index contributed by atoms with van der Waals surface area (Å²) >= 11 is 0. The van der Waals surface area contributed by atoms with Gasteiger partial charge >= 0.3 is 12.1 Å². The third-order valence-electron chi connectivity index (χ3n) is 5.40. The van der Waals surface area contributed by atoms with Gasteiger partial charge in [0.25, 0.3) is 0 Å². The first kappa shape index (κ1) is 20.3. The number of carbonyl (C=O) groups excluding carboxylic acids is 2. The van der Waals surface area contributed by atoms with Gasteiger partial charge in [0.1, 0.15) is 5.75 Å². The maximum atomic E-state index is 12.7. The van der Waals surface area contributed by atoms with Gasteiger partial charge < -0.3 is 19.4 Å². The zero-order valence-electron chi connectivity index (χ0n) is 15.7. The first-order valence-corrected chi connectivity index (χ1v) is 9.33. The number of rotatable bonds is 3. The molecule has 0 bridgehead atoms. The second-order valence-corrected chi connectivity index (χ2v) is 7.07. The van der Waals surface area contributed by atoms with Crippen LogP contribution in [0, 0.1) is 5.92 Å². The van der Waals surface area contributed by atoms with E-state index in [0.717, 1.165) is 16.3 Å². The van der Waals surface area contributed by atoms with Gasteiger partial charge in [-0.3, -0.25) is 9.59 Å². The number of alkyl halides is 3. The van der Waals surface area contributed by atoms with Crippen LogP contribution in [0.15, 0.2) is 24.3 Å². The molecule has 0 atom stereocenters. The smallest absolute Gasteiger partial charge is 0.471 e. The van der Waals surface area contributed by atoms with Gasteiger partial charge in [0, 0.05) is 50.9 Å². The molecule has 154 valence electrons. The van der Waals surface area contributed by atoms with Crippen LogP contribution in [-0.4, -0.2) is 74.2 Å². The Morgan fingerprint density at radius 1 is 0.929 bits per heavy atom. The van der Waals surface area contributed by atoms with Crippen LogP contribution in [0.3, 0.4) is 0 Å². The normalized spacial score (nSPS) is 18.9. The van der Waals surface area contributed by atoms with Crippen LogP contribution < -0.4 is 9.64 Å². The first-order chi connectivity index (χ1) is 13.3. The molecule has 2 amide bonds. The Hall–Kier alpha value is -2.45. The molecule has 6 nitrogen and oxygen atoms in total. The summed E-state index contributed by atoms with van der Waals surface area (Å²) in [5.41, 5.74) is 1.06. The van der Waals surface area contributed by atoms with Crippen LogP contribution in [0.1, 0.15) is 12.8 Å². The molecule has 2 heterocycles. The predicted octanol–water partition coefficient (Wildman–Crippen LogP) is 2.14. The van der Waals surface area contributed by atoms with Gasteiger partial charge in [-0.1, -0.05) is 0 Å². The summed E-state index contributed by atoms with van der Waals surface area (Å²) in [5, 5.41) is 0. The van der Waals surface area contributed by atoms with E-state index in [4.69, 9.17) is 4.74 Å². The van der Waals surface area contributed by atoms with Crippen molar-refractivity contribution < 1.29 is 27.5 Å². The van der Waals surface area contributed by atoms with Gasteiger partial charge in [0.05, 0.1) is 7.11 Å². The molecule has 2 aliphatic heterocycles. The van der Waals surface area contributed by atoms with E-state index < -0.39 is 12.1 Å². The van der Waals surface area contributed by atoms with Crippen LogP contribution in [0.2, 0.25) is 0 Å². The number of anilines is 1. The number of nitrogens with zero attached hydrogens (tertiary/aromatic N) is 3. The maximum Gasteiger partial charge on any atom is 0.471 e. The van der Waals surface area contributed by atoms with Crippen LogP contribution in [0.25, 0.3) is 0 Å². The van der Waals surface area contributed by atoms with E-state index >= 15 is 0 Å². The molecule has 0 aliphatic carbocycles. The summed E-state index contributed by atoms with van der Waals surface area (Å²) in [4.78, 5) is 28.8. The number of methoxy groups -OCH3 is 1. The Morgan fingerprint density at radius 2 is 1.50 bits per heavy atom. The van der Waals surface area contributed by atoms with Gasteiger partial charge in [0.2, 0.25) is 5.91 Å². The lowest BCUT2D eigenvalue weighted by atomic mass is 9.95. The van der Waals surface area contributed by atoms with Crippen LogP contribution in [0.5, 0.6) is 5.75 Å². The molecule has 0 spiro atoms. The van der Waals surface area contributed by atoms with E-state index in [2.05, 4.69) is 4.90 Å². The third kappa shape index (κ3) is 4.51. The molecule has 0 N–H and O–H groups in total. The highest BCUT2D eigenvalue weighted by Crippen LogP contribution is 2.26. The minimum absolute atomic E-state index is 0.0199. The highest BCUT2D eigenvalue weighted by atomic mass is 19.4. The van der Waals surface area contributed by atoms with Gasteiger partial charge in [0.15, 0.2) is 0 Å². The zero-order valence-corrected chi connectivity index (χ0v) is 15.7. The van der Waals surface area contributed by atoms with E-state index in [1.807, 2.05) is 24.3 Å². The van der Waals surface area contributed by atoms with Crippen molar-refractivity contribution in [3.8, 4) is 5.75 Å². The molecule has 2 fully saturated rings. The van der Waals surface area contributed by atoms with E-state index in [1.54, 1.807) is 12.0 Å². The van der Waals surface area contributed by atoms with Crippen molar-refractivity contribution in [1.82, 2.24) is 9.80 Å².